The van der Waals surface area contributed by atoms with Gasteiger partial charge in [0.2, 0.25) is 15.9 Å². The molecular weight excluding hydrogens is 406 g/mol. The number of sulfonamides is 1. The molecule has 0 radical (unpaired) electrons. The molecule has 0 atom stereocenters. The van der Waals surface area contributed by atoms with Gasteiger partial charge in [-0.15, -0.1) is 0 Å². The van der Waals surface area contributed by atoms with Crippen molar-refractivity contribution in [2.24, 2.45) is 0 Å². The van der Waals surface area contributed by atoms with Gasteiger partial charge in [-0.3, -0.25) is 9.10 Å². The third kappa shape index (κ3) is 6.49. The first kappa shape index (κ1) is 22.2. The Morgan fingerprint density at radius 1 is 1.18 bits per heavy atom. The molecule has 0 aliphatic rings. The number of hydrogen-bond acceptors (Lipinski definition) is 4. The maximum atomic E-state index is 13.9. The Labute approximate surface area is 168 Å². The van der Waals surface area contributed by atoms with Gasteiger partial charge in [-0.25, -0.2) is 17.2 Å². The average Bonchev–Trinajstić information content (AvgIpc) is 2.60. The normalized spacial score (nSPS) is 11.3. The van der Waals surface area contributed by atoms with E-state index in [9.17, 15) is 22.0 Å². The fourth-order valence-corrected chi connectivity index (χ4v) is 4.26. The average molecular weight is 429 g/mol. The van der Waals surface area contributed by atoms with Crippen LogP contribution in [0.15, 0.2) is 42.5 Å². The van der Waals surface area contributed by atoms with Crippen LogP contribution in [-0.4, -0.2) is 39.4 Å². The molecule has 0 unspecified atom stereocenters. The van der Waals surface area contributed by atoms with Crippen molar-refractivity contribution in [3.05, 3.63) is 65.2 Å². The van der Waals surface area contributed by atoms with Crippen molar-refractivity contribution in [2.45, 2.75) is 12.7 Å². The number of anilines is 1. The van der Waals surface area contributed by atoms with Crippen molar-refractivity contribution in [1.82, 2.24) is 5.32 Å². The van der Waals surface area contributed by atoms with Crippen LogP contribution in [0.4, 0.5) is 14.5 Å². The number of halogens is 2. The summed E-state index contributed by atoms with van der Waals surface area (Å²) in [5, 5.41) is 2.62. The van der Waals surface area contributed by atoms with Crippen molar-refractivity contribution < 1.29 is 22.0 Å². The molecule has 0 fully saturated rings. The predicted octanol–water partition coefficient (Wildman–Crippen LogP) is 3.09. The summed E-state index contributed by atoms with van der Waals surface area (Å²) in [4.78, 5) is 12.1. The lowest BCUT2D eigenvalue weighted by atomic mass is 10.1. The number of hydrogen-bond donors (Lipinski definition) is 1. The van der Waals surface area contributed by atoms with Gasteiger partial charge in [0, 0.05) is 24.1 Å². The molecule has 2 aromatic rings. The van der Waals surface area contributed by atoms with E-state index in [0.29, 0.717) is 22.7 Å². The summed E-state index contributed by atoms with van der Waals surface area (Å²) in [7, 11) is -3.92. The van der Waals surface area contributed by atoms with Gasteiger partial charge in [0.25, 0.3) is 0 Å². The maximum absolute atomic E-state index is 13.9. The third-order valence-corrected chi connectivity index (χ3v) is 6.09. The van der Waals surface area contributed by atoms with Crippen molar-refractivity contribution in [3.8, 4) is 0 Å². The number of aryl methyl sites for hydroxylation is 1. The fourth-order valence-electron chi connectivity index (χ4n) is 2.47. The van der Waals surface area contributed by atoms with Crippen LogP contribution in [0.2, 0.25) is 0 Å². The van der Waals surface area contributed by atoms with Crippen molar-refractivity contribution in [1.29, 1.82) is 0 Å². The van der Waals surface area contributed by atoms with E-state index in [-0.39, 0.29) is 5.69 Å². The molecule has 2 aromatic carbocycles. The molecule has 0 bridgehead atoms. The second-order valence-electron chi connectivity index (χ2n) is 6.19. The van der Waals surface area contributed by atoms with Crippen LogP contribution < -0.4 is 9.62 Å². The van der Waals surface area contributed by atoms with Gasteiger partial charge in [-0.1, -0.05) is 24.3 Å². The summed E-state index contributed by atoms with van der Waals surface area (Å²) in [5.74, 6) is -0.995. The first-order valence-corrected chi connectivity index (χ1v) is 11.5. The number of amides is 1. The van der Waals surface area contributed by atoms with Gasteiger partial charge in [0.05, 0.1) is 11.9 Å². The molecule has 5 nitrogen and oxygen atoms in total. The summed E-state index contributed by atoms with van der Waals surface area (Å²) in [5.41, 5.74) is 2.05. The molecule has 1 amide bonds. The van der Waals surface area contributed by atoms with Gasteiger partial charge in [-0.2, -0.15) is 11.8 Å². The number of nitrogens with one attached hydrogen (secondary N) is 1. The Morgan fingerprint density at radius 2 is 1.89 bits per heavy atom. The highest BCUT2D eigenvalue weighted by molar-refractivity contribution is 7.98. The Morgan fingerprint density at radius 3 is 2.54 bits per heavy atom. The molecule has 0 aromatic heterocycles. The highest BCUT2D eigenvalue weighted by atomic mass is 32.2. The van der Waals surface area contributed by atoms with Gasteiger partial charge >= 0.3 is 0 Å². The van der Waals surface area contributed by atoms with Gasteiger partial charge in [-0.05, 0) is 30.2 Å². The van der Waals surface area contributed by atoms with Crippen LogP contribution in [0.5, 0.6) is 0 Å². The number of carbonyl (C=O) groups is 1. The summed E-state index contributed by atoms with van der Waals surface area (Å²) in [6.07, 6.45) is 0.862. The first-order valence-electron chi connectivity index (χ1n) is 8.50. The molecule has 9 heteroatoms. The lowest BCUT2D eigenvalue weighted by molar-refractivity contribution is -0.119. The number of nitrogens with zero attached hydrogens (tertiary/aromatic N) is 1. The topological polar surface area (TPSA) is 66.5 Å². The lowest BCUT2D eigenvalue weighted by Gasteiger charge is -2.22. The third-order valence-electron chi connectivity index (χ3n) is 3.95. The SMILES string of the molecule is Cc1ccccc1CSCCNC(=O)CN(c1ccc(F)cc1F)S(C)(=O)=O. The summed E-state index contributed by atoms with van der Waals surface area (Å²) in [6, 6.07) is 10.5. The van der Waals surface area contributed by atoms with E-state index in [0.717, 1.165) is 24.1 Å². The molecule has 0 spiro atoms. The first-order chi connectivity index (χ1) is 13.2. The van der Waals surface area contributed by atoms with E-state index >= 15 is 0 Å². The summed E-state index contributed by atoms with van der Waals surface area (Å²) >= 11 is 1.64. The number of thioether (sulfide) groups is 1. The van der Waals surface area contributed by atoms with E-state index < -0.39 is 34.1 Å². The highest BCUT2D eigenvalue weighted by Crippen LogP contribution is 2.22. The molecule has 0 aliphatic carbocycles. The zero-order valence-corrected chi connectivity index (χ0v) is 17.2. The molecule has 28 heavy (non-hydrogen) atoms. The highest BCUT2D eigenvalue weighted by Gasteiger charge is 2.23. The van der Waals surface area contributed by atoms with E-state index in [1.54, 1.807) is 11.8 Å². The molecule has 1 N–H and O–H groups in total. The molecule has 2 rings (SSSR count). The standard InChI is InChI=1S/C19H22F2N2O3S2/c1-14-5-3-4-6-15(14)13-27-10-9-22-19(24)12-23(28(2,25)26)18-8-7-16(20)11-17(18)21/h3-8,11H,9-10,12-13H2,1-2H3,(H,22,24). The van der Waals surface area contributed by atoms with Crippen LogP contribution in [0.25, 0.3) is 0 Å². The summed E-state index contributed by atoms with van der Waals surface area (Å²) < 4.78 is 51.5. The zero-order valence-electron chi connectivity index (χ0n) is 15.6. The Bertz CT molecular complexity index is 937. The second-order valence-corrected chi connectivity index (χ2v) is 9.21. The van der Waals surface area contributed by atoms with Crippen LogP contribution in [0.3, 0.4) is 0 Å². The van der Waals surface area contributed by atoms with Crippen LogP contribution in [0, 0.1) is 18.6 Å². The quantitative estimate of drug-likeness (QED) is 0.624. The Kier molecular flexibility index (Phi) is 7.82. The van der Waals surface area contributed by atoms with E-state index in [1.165, 1.54) is 11.1 Å². The Balaban J connectivity index is 1.88. The minimum Gasteiger partial charge on any atom is -0.354 e. The molecule has 152 valence electrons. The van der Waals surface area contributed by atoms with E-state index in [4.69, 9.17) is 0 Å². The van der Waals surface area contributed by atoms with Gasteiger partial charge in [0.1, 0.15) is 18.2 Å². The number of rotatable bonds is 9. The van der Waals surface area contributed by atoms with Crippen LogP contribution in [0.1, 0.15) is 11.1 Å². The molecule has 0 saturated carbocycles. The predicted molar refractivity (Wildman–Crippen MR) is 109 cm³/mol. The van der Waals surface area contributed by atoms with E-state index in [1.807, 2.05) is 31.2 Å². The maximum Gasteiger partial charge on any atom is 0.240 e. The minimum absolute atomic E-state index is 0.346. The lowest BCUT2D eigenvalue weighted by Crippen LogP contribution is -2.41. The number of benzene rings is 2. The molecule has 0 saturated heterocycles. The minimum atomic E-state index is -3.92. The smallest absolute Gasteiger partial charge is 0.240 e. The van der Waals surface area contributed by atoms with Crippen LogP contribution >= 0.6 is 11.8 Å². The van der Waals surface area contributed by atoms with Crippen LogP contribution in [-0.2, 0) is 20.6 Å². The van der Waals surface area contributed by atoms with E-state index in [2.05, 4.69) is 5.32 Å². The monoisotopic (exact) mass is 428 g/mol. The van der Waals surface area contributed by atoms with Crippen molar-refractivity contribution in [2.75, 3.05) is 29.4 Å². The van der Waals surface area contributed by atoms with Crippen molar-refractivity contribution >= 4 is 33.4 Å². The van der Waals surface area contributed by atoms with Gasteiger partial charge in [0.15, 0.2) is 0 Å². The number of carbonyl (C=O) groups excluding carboxylic acids is 1. The van der Waals surface area contributed by atoms with Gasteiger partial charge < -0.3 is 5.32 Å². The second kappa shape index (κ2) is 9.88. The summed E-state index contributed by atoms with van der Waals surface area (Å²) in [6.45, 7) is 1.80. The Hall–Kier alpha value is -2.13. The molecule has 0 heterocycles. The molecule has 0 aliphatic heterocycles. The largest absolute Gasteiger partial charge is 0.354 e. The van der Waals surface area contributed by atoms with Crippen molar-refractivity contribution in [3.63, 3.8) is 0 Å². The molecular formula is C19H22F2N2O3S2. The fraction of sp³-hybridized carbons (Fsp3) is 0.316. The zero-order chi connectivity index (χ0) is 20.7.